The van der Waals surface area contributed by atoms with Crippen molar-refractivity contribution in [3.63, 3.8) is 0 Å². The highest BCUT2D eigenvalue weighted by molar-refractivity contribution is 9.10. The molecule has 0 radical (unpaired) electrons. The minimum Gasteiger partial charge on any atom is -0.490 e. The molecule has 0 amide bonds. The number of Topliss-reactive ketones (excluding diaryl/α,β-unsaturated/α-hetero) is 1. The van der Waals surface area contributed by atoms with Crippen LogP contribution in [0.2, 0.25) is 0 Å². The number of aromatic carboxylic acids is 1. The van der Waals surface area contributed by atoms with Crippen LogP contribution in [0, 0.1) is 11.3 Å². The predicted molar refractivity (Wildman–Crippen MR) is 136 cm³/mol. The van der Waals surface area contributed by atoms with Crippen LogP contribution in [0.15, 0.2) is 63.5 Å². The van der Waals surface area contributed by atoms with Crippen LogP contribution in [-0.4, -0.2) is 35.4 Å². The van der Waals surface area contributed by atoms with E-state index in [9.17, 15) is 14.9 Å². The minimum absolute atomic E-state index is 0.0170. The lowest BCUT2D eigenvalue weighted by Gasteiger charge is -2.38. The summed E-state index contributed by atoms with van der Waals surface area (Å²) in [6, 6.07) is 12.2. The summed E-state index contributed by atoms with van der Waals surface area (Å²) < 4.78 is 12.6. The van der Waals surface area contributed by atoms with Crippen LogP contribution < -0.4 is 15.2 Å². The molecule has 0 saturated heterocycles. The number of carbonyl (C=O) groups excluding carboxylic acids is 1. The van der Waals surface area contributed by atoms with E-state index < -0.39 is 11.9 Å². The summed E-state index contributed by atoms with van der Waals surface area (Å²) in [5.74, 6) is -0.300. The summed E-state index contributed by atoms with van der Waals surface area (Å²) in [4.78, 5) is 25.9. The number of halogens is 1. The lowest BCUT2D eigenvalue weighted by atomic mass is 9.76. The van der Waals surface area contributed by atoms with E-state index >= 15 is 0 Å². The highest BCUT2D eigenvalue weighted by atomic mass is 79.9. The second kappa shape index (κ2) is 10.5. The number of carboxylic acid groups (broad SMARTS) is 1. The fraction of sp³-hybridized carbons (Fsp3) is 0.296. The van der Waals surface area contributed by atoms with Crippen LogP contribution in [-0.2, 0) is 11.4 Å². The van der Waals surface area contributed by atoms with Crippen LogP contribution in [0.3, 0.4) is 0 Å². The molecule has 0 spiro atoms. The molecule has 1 aliphatic heterocycles. The van der Waals surface area contributed by atoms with E-state index in [1.807, 2.05) is 6.92 Å². The van der Waals surface area contributed by atoms with Crippen LogP contribution in [0.5, 0.6) is 11.5 Å². The van der Waals surface area contributed by atoms with Crippen molar-refractivity contribution in [2.45, 2.75) is 38.7 Å². The van der Waals surface area contributed by atoms with E-state index in [0.717, 1.165) is 17.7 Å². The van der Waals surface area contributed by atoms with Gasteiger partial charge >= 0.3 is 5.97 Å². The Bertz CT molecular complexity index is 1320. The molecule has 1 aliphatic carbocycles. The normalized spacial score (nSPS) is 17.6. The summed E-state index contributed by atoms with van der Waals surface area (Å²) in [7, 11) is 1.79. The van der Waals surface area contributed by atoms with Gasteiger partial charge in [-0.05, 0) is 55.2 Å². The number of nitrogens with zero attached hydrogens (tertiary/aromatic N) is 2. The van der Waals surface area contributed by atoms with Crippen molar-refractivity contribution >= 4 is 27.7 Å². The van der Waals surface area contributed by atoms with Gasteiger partial charge in [-0.25, -0.2) is 4.79 Å². The Balaban J connectivity index is 1.73. The van der Waals surface area contributed by atoms with Crippen molar-refractivity contribution < 1.29 is 24.2 Å². The number of rotatable bonds is 7. The topological polar surface area (TPSA) is 126 Å². The van der Waals surface area contributed by atoms with Crippen molar-refractivity contribution in [3.05, 3.63) is 80.2 Å². The maximum atomic E-state index is 13.1. The molecule has 0 bridgehead atoms. The van der Waals surface area contributed by atoms with Crippen molar-refractivity contribution in [1.29, 1.82) is 5.26 Å². The predicted octanol–water partition coefficient (Wildman–Crippen LogP) is 4.85. The third-order valence-electron chi connectivity index (χ3n) is 6.44. The molecule has 186 valence electrons. The standard InChI is InChI=1S/C27H26BrN3O5/c1-3-35-22-11-17(19(28)12-23(22)36-14-15-7-9-16(10-8-15)27(33)34)24-18(13-29)26(30)31(2)20-5-4-6-21(32)25(20)24/h7-12,24H,3-6,14,30H2,1-2H3,(H,33,34)/t24-/m1/s1. The third-order valence-corrected chi connectivity index (χ3v) is 7.12. The summed E-state index contributed by atoms with van der Waals surface area (Å²) in [6.07, 6.45) is 1.89. The highest BCUT2D eigenvalue weighted by Gasteiger charge is 2.39. The molecule has 0 fully saturated rings. The Labute approximate surface area is 217 Å². The second-order valence-corrected chi connectivity index (χ2v) is 9.44. The molecule has 1 atom stereocenters. The lowest BCUT2D eigenvalue weighted by Crippen LogP contribution is -2.36. The van der Waals surface area contributed by atoms with Gasteiger partial charge in [-0.2, -0.15) is 5.26 Å². The average Bonchev–Trinajstić information content (AvgIpc) is 2.86. The molecule has 9 heteroatoms. The number of nitrogens with two attached hydrogens (primary N) is 1. The number of hydrogen-bond donors (Lipinski definition) is 2. The molecule has 2 aromatic rings. The first-order valence-electron chi connectivity index (χ1n) is 11.6. The first-order valence-corrected chi connectivity index (χ1v) is 12.4. The fourth-order valence-corrected chi connectivity index (χ4v) is 5.18. The number of benzene rings is 2. The number of ketones is 1. The number of nitriles is 1. The van der Waals surface area contributed by atoms with E-state index in [4.69, 9.17) is 20.3 Å². The van der Waals surface area contributed by atoms with Gasteiger partial charge in [0.15, 0.2) is 17.3 Å². The van der Waals surface area contributed by atoms with E-state index in [0.29, 0.717) is 58.0 Å². The van der Waals surface area contributed by atoms with Crippen molar-refractivity contribution in [2.75, 3.05) is 13.7 Å². The van der Waals surface area contributed by atoms with E-state index in [2.05, 4.69) is 22.0 Å². The van der Waals surface area contributed by atoms with Gasteiger partial charge in [-0.3, -0.25) is 4.79 Å². The smallest absolute Gasteiger partial charge is 0.335 e. The van der Waals surface area contributed by atoms with Crippen molar-refractivity contribution in [3.8, 4) is 17.6 Å². The quantitative estimate of drug-likeness (QED) is 0.499. The highest BCUT2D eigenvalue weighted by Crippen LogP contribution is 2.48. The monoisotopic (exact) mass is 551 g/mol. The average molecular weight is 552 g/mol. The van der Waals surface area contributed by atoms with Gasteiger partial charge in [0.1, 0.15) is 12.4 Å². The van der Waals surface area contributed by atoms with Gasteiger partial charge in [0, 0.05) is 29.2 Å². The third kappa shape index (κ3) is 4.69. The van der Waals surface area contributed by atoms with E-state index in [-0.39, 0.29) is 18.0 Å². The molecule has 0 unspecified atom stereocenters. The Morgan fingerprint density at radius 3 is 2.56 bits per heavy atom. The van der Waals surface area contributed by atoms with E-state index in [1.165, 1.54) is 12.1 Å². The number of ether oxygens (including phenoxy) is 2. The zero-order valence-electron chi connectivity index (χ0n) is 20.0. The zero-order valence-corrected chi connectivity index (χ0v) is 21.6. The summed E-state index contributed by atoms with van der Waals surface area (Å²) in [5, 5.41) is 19.1. The van der Waals surface area contributed by atoms with Gasteiger partial charge < -0.3 is 25.2 Å². The molecule has 36 heavy (non-hydrogen) atoms. The SMILES string of the molecule is CCOc1cc([C@@H]2C(C#N)=C(N)N(C)C3=C2C(=O)CCC3)c(Br)cc1OCc1ccc(C(=O)O)cc1. The number of hydrogen-bond acceptors (Lipinski definition) is 7. The summed E-state index contributed by atoms with van der Waals surface area (Å²) in [6.45, 7) is 2.44. The van der Waals surface area contributed by atoms with Crippen molar-refractivity contribution in [1.82, 2.24) is 4.90 Å². The summed E-state index contributed by atoms with van der Waals surface area (Å²) >= 11 is 3.63. The maximum absolute atomic E-state index is 13.1. The lowest BCUT2D eigenvalue weighted by molar-refractivity contribution is -0.116. The largest absolute Gasteiger partial charge is 0.490 e. The van der Waals surface area contributed by atoms with Crippen LogP contribution >= 0.6 is 15.9 Å². The van der Waals surface area contributed by atoms with Crippen LogP contribution in [0.1, 0.15) is 53.6 Å². The second-order valence-electron chi connectivity index (χ2n) is 8.58. The Morgan fingerprint density at radius 1 is 1.22 bits per heavy atom. The Hall–Kier alpha value is -3.77. The molecular weight excluding hydrogens is 526 g/mol. The number of carboxylic acids is 1. The van der Waals surface area contributed by atoms with Gasteiger partial charge in [0.05, 0.1) is 29.7 Å². The maximum Gasteiger partial charge on any atom is 0.335 e. The Kier molecular flexibility index (Phi) is 7.36. The van der Waals surface area contributed by atoms with Crippen LogP contribution in [0.25, 0.3) is 0 Å². The van der Waals surface area contributed by atoms with Gasteiger partial charge in [-0.1, -0.05) is 28.1 Å². The molecule has 2 aromatic carbocycles. The van der Waals surface area contributed by atoms with Gasteiger partial charge in [-0.15, -0.1) is 0 Å². The minimum atomic E-state index is -0.990. The van der Waals surface area contributed by atoms with Gasteiger partial charge in [0.25, 0.3) is 0 Å². The first kappa shape index (κ1) is 25.3. The molecule has 0 saturated carbocycles. The number of allylic oxidation sites excluding steroid dienone is 3. The molecule has 3 N–H and O–H groups in total. The molecule has 8 nitrogen and oxygen atoms in total. The first-order chi connectivity index (χ1) is 17.3. The Morgan fingerprint density at radius 2 is 1.92 bits per heavy atom. The molecule has 4 rings (SSSR count). The van der Waals surface area contributed by atoms with Crippen LogP contribution in [0.4, 0.5) is 0 Å². The number of carbonyl (C=O) groups is 2. The molecule has 0 aromatic heterocycles. The molecule has 2 aliphatic rings. The molecular formula is C27H26BrN3O5. The van der Waals surface area contributed by atoms with Gasteiger partial charge in [0.2, 0.25) is 0 Å². The summed E-state index contributed by atoms with van der Waals surface area (Å²) in [5.41, 5.74) is 9.83. The molecule has 1 heterocycles. The fourth-order valence-electron chi connectivity index (χ4n) is 4.63. The van der Waals surface area contributed by atoms with E-state index in [1.54, 1.807) is 36.2 Å². The zero-order chi connectivity index (χ0) is 26.0. The van der Waals surface area contributed by atoms with Crippen molar-refractivity contribution in [2.24, 2.45) is 5.73 Å².